The van der Waals surface area contributed by atoms with Gasteiger partial charge in [0.15, 0.2) is 0 Å². The van der Waals surface area contributed by atoms with Crippen LogP contribution in [-0.4, -0.2) is 41.7 Å². The number of hydrogen-bond donors (Lipinski definition) is 0. The highest BCUT2D eigenvalue weighted by molar-refractivity contribution is 5.96. The monoisotopic (exact) mass is 331 g/mol. The number of amides is 1. The van der Waals surface area contributed by atoms with Gasteiger partial charge in [-0.3, -0.25) is 4.79 Å². The van der Waals surface area contributed by atoms with Gasteiger partial charge in [0.05, 0.1) is 20.3 Å². The van der Waals surface area contributed by atoms with E-state index in [2.05, 4.69) is 10.1 Å². The molecule has 0 bridgehead atoms. The fourth-order valence-corrected chi connectivity index (χ4v) is 3.04. The number of aryl methyl sites for hydroxylation is 1. The van der Waals surface area contributed by atoms with Crippen molar-refractivity contribution in [2.45, 2.75) is 32.2 Å². The minimum atomic E-state index is -0.118. The molecule has 24 heavy (non-hydrogen) atoms. The van der Waals surface area contributed by atoms with E-state index in [4.69, 9.17) is 14.0 Å². The highest BCUT2D eigenvalue weighted by Gasteiger charge is 2.32. The number of carbonyl (C=O) groups is 1. The van der Waals surface area contributed by atoms with Crippen LogP contribution < -0.4 is 9.47 Å². The molecule has 1 aliphatic heterocycles. The third kappa shape index (κ3) is 3.06. The summed E-state index contributed by atoms with van der Waals surface area (Å²) in [4.78, 5) is 19.1. The molecule has 0 radical (unpaired) electrons. The van der Waals surface area contributed by atoms with Crippen molar-refractivity contribution in [2.75, 3.05) is 20.8 Å². The predicted molar refractivity (Wildman–Crippen MR) is 86.2 cm³/mol. The molecule has 1 saturated heterocycles. The third-order valence-corrected chi connectivity index (χ3v) is 4.22. The first-order valence-electron chi connectivity index (χ1n) is 7.97. The minimum Gasteiger partial charge on any atom is -0.481 e. The number of aromatic nitrogens is 2. The average molecular weight is 331 g/mol. The van der Waals surface area contributed by atoms with E-state index in [0.29, 0.717) is 18.0 Å². The molecule has 128 valence electrons. The van der Waals surface area contributed by atoms with Crippen LogP contribution in [0.5, 0.6) is 11.8 Å². The van der Waals surface area contributed by atoms with Crippen LogP contribution in [0.3, 0.4) is 0 Å². The molecule has 0 saturated carbocycles. The van der Waals surface area contributed by atoms with Crippen LogP contribution in [0.25, 0.3) is 0 Å². The summed E-state index contributed by atoms with van der Waals surface area (Å²) in [5.41, 5.74) is 1.21. The SMILES string of the molecule is COc1ccc(C(=O)N2CCCCC2c2cc(C)on2)c(OC)n1. The van der Waals surface area contributed by atoms with E-state index in [0.717, 1.165) is 30.7 Å². The zero-order valence-electron chi connectivity index (χ0n) is 14.1. The van der Waals surface area contributed by atoms with Gasteiger partial charge in [-0.1, -0.05) is 5.16 Å². The Labute approximate surface area is 140 Å². The van der Waals surface area contributed by atoms with Crippen molar-refractivity contribution in [3.05, 3.63) is 35.2 Å². The molecule has 1 fully saturated rings. The second-order valence-corrected chi connectivity index (χ2v) is 5.78. The van der Waals surface area contributed by atoms with E-state index in [1.54, 1.807) is 12.1 Å². The maximum Gasteiger partial charge on any atom is 0.259 e. The summed E-state index contributed by atoms with van der Waals surface area (Å²) in [6, 6.07) is 5.15. The Hall–Kier alpha value is -2.57. The second kappa shape index (κ2) is 6.90. The van der Waals surface area contributed by atoms with Crippen LogP contribution in [0, 0.1) is 6.92 Å². The maximum atomic E-state index is 13.1. The Balaban J connectivity index is 1.92. The number of likely N-dealkylation sites (tertiary alicyclic amines) is 1. The number of rotatable bonds is 4. The van der Waals surface area contributed by atoms with Gasteiger partial charge < -0.3 is 18.9 Å². The standard InChI is InChI=1S/C17H21N3O4/c1-11-10-13(19-24-11)14-6-4-5-9-20(14)17(21)12-7-8-15(22-2)18-16(12)23-3/h7-8,10,14H,4-6,9H2,1-3H3. The van der Waals surface area contributed by atoms with Crippen molar-refractivity contribution >= 4 is 5.91 Å². The number of nitrogens with zero attached hydrogens (tertiary/aromatic N) is 3. The molecule has 1 unspecified atom stereocenters. The first-order chi connectivity index (χ1) is 11.6. The molecule has 1 amide bonds. The van der Waals surface area contributed by atoms with E-state index >= 15 is 0 Å². The van der Waals surface area contributed by atoms with Gasteiger partial charge in [-0.25, -0.2) is 0 Å². The van der Waals surface area contributed by atoms with Gasteiger partial charge in [-0.2, -0.15) is 4.98 Å². The first kappa shape index (κ1) is 16.3. The van der Waals surface area contributed by atoms with Crippen molar-refractivity contribution in [3.63, 3.8) is 0 Å². The summed E-state index contributed by atoms with van der Waals surface area (Å²) in [6.07, 6.45) is 2.88. The van der Waals surface area contributed by atoms with E-state index in [1.807, 2.05) is 17.9 Å². The van der Waals surface area contributed by atoms with Crippen molar-refractivity contribution < 1.29 is 18.8 Å². The molecule has 7 nitrogen and oxygen atoms in total. The van der Waals surface area contributed by atoms with Crippen molar-refractivity contribution in [1.29, 1.82) is 0 Å². The molecule has 0 aliphatic carbocycles. The Morgan fingerprint density at radius 1 is 1.29 bits per heavy atom. The quantitative estimate of drug-likeness (QED) is 0.857. The van der Waals surface area contributed by atoms with Crippen LogP contribution in [-0.2, 0) is 0 Å². The molecule has 1 aliphatic rings. The Kier molecular flexibility index (Phi) is 4.69. The summed E-state index contributed by atoms with van der Waals surface area (Å²) in [5, 5.41) is 4.10. The smallest absolute Gasteiger partial charge is 0.259 e. The summed E-state index contributed by atoms with van der Waals surface area (Å²) in [5.74, 6) is 1.30. The topological polar surface area (TPSA) is 77.7 Å². The fraction of sp³-hybridized carbons (Fsp3) is 0.471. The van der Waals surface area contributed by atoms with Crippen LogP contribution in [0.15, 0.2) is 22.7 Å². The molecule has 0 spiro atoms. The first-order valence-corrected chi connectivity index (χ1v) is 7.97. The average Bonchev–Trinajstić information content (AvgIpc) is 3.06. The van der Waals surface area contributed by atoms with Gasteiger partial charge in [0.2, 0.25) is 11.8 Å². The molecule has 3 heterocycles. The molecule has 3 rings (SSSR count). The number of hydrogen-bond acceptors (Lipinski definition) is 6. The molecule has 1 atom stereocenters. The number of piperidine rings is 1. The molecule has 7 heteroatoms. The summed E-state index contributed by atoms with van der Waals surface area (Å²) in [6.45, 7) is 2.52. The molecule has 0 N–H and O–H groups in total. The normalized spacial score (nSPS) is 17.6. The Bertz CT molecular complexity index is 728. The number of methoxy groups -OCH3 is 2. The van der Waals surface area contributed by atoms with Crippen molar-refractivity contribution in [1.82, 2.24) is 15.0 Å². The molecular formula is C17H21N3O4. The third-order valence-electron chi connectivity index (χ3n) is 4.22. The lowest BCUT2D eigenvalue weighted by atomic mass is 9.98. The van der Waals surface area contributed by atoms with Crippen LogP contribution in [0.2, 0.25) is 0 Å². The van der Waals surface area contributed by atoms with Gasteiger partial charge in [0.1, 0.15) is 17.0 Å². The molecule has 2 aromatic rings. The summed E-state index contributed by atoms with van der Waals surface area (Å²) < 4.78 is 15.5. The molecule has 2 aromatic heterocycles. The van der Waals surface area contributed by atoms with E-state index in [-0.39, 0.29) is 17.8 Å². The maximum absolute atomic E-state index is 13.1. The van der Waals surface area contributed by atoms with Crippen LogP contribution >= 0.6 is 0 Å². The molecule has 0 aromatic carbocycles. The van der Waals surface area contributed by atoms with Gasteiger partial charge in [-0.05, 0) is 32.3 Å². The zero-order chi connectivity index (χ0) is 17.1. The van der Waals surface area contributed by atoms with Crippen molar-refractivity contribution in [3.8, 4) is 11.8 Å². The van der Waals surface area contributed by atoms with Gasteiger partial charge >= 0.3 is 0 Å². The number of carbonyl (C=O) groups excluding carboxylic acids is 1. The van der Waals surface area contributed by atoms with Crippen LogP contribution in [0.4, 0.5) is 0 Å². The lowest BCUT2D eigenvalue weighted by molar-refractivity contribution is 0.0597. The number of ether oxygens (including phenoxy) is 2. The highest BCUT2D eigenvalue weighted by Crippen LogP contribution is 2.33. The zero-order valence-corrected chi connectivity index (χ0v) is 14.1. The lowest BCUT2D eigenvalue weighted by Crippen LogP contribution is -2.38. The van der Waals surface area contributed by atoms with E-state index in [9.17, 15) is 4.79 Å². The lowest BCUT2D eigenvalue weighted by Gasteiger charge is -2.34. The second-order valence-electron chi connectivity index (χ2n) is 5.78. The van der Waals surface area contributed by atoms with Gasteiger partial charge in [0, 0.05) is 18.7 Å². The van der Waals surface area contributed by atoms with Gasteiger partial charge in [0.25, 0.3) is 5.91 Å². The minimum absolute atomic E-state index is 0.0875. The van der Waals surface area contributed by atoms with Gasteiger partial charge in [-0.15, -0.1) is 0 Å². The number of pyridine rings is 1. The van der Waals surface area contributed by atoms with Crippen LogP contribution in [0.1, 0.15) is 47.1 Å². The largest absolute Gasteiger partial charge is 0.481 e. The van der Waals surface area contributed by atoms with E-state index < -0.39 is 0 Å². The Morgan fingerprint density at radius 3 is 2.79 bits per heavy atom. The Morgan fingerprint density at radius 2 is 2.12 bits per heavy atom. The van der Waals surface area contributed by atoms with Crippen molar-refractivity contribution in [2.24, 2.45) is 0 Å². The predicted octanol–water partition coefficient (Wildman–Crippen LogP) is 2.76. The fourth-order valence-electron chi connectivity index (χ4n) is 3.04. The van der Waals surface area contributed by atoms with E-state index in [1.165, 1.54) is 14.2 Å². The molecular weight excluding hydrogens is 310 g/mol. The summed E-state index contributed by atoms with van der Waals surface area (Å²) >= 11 is 0. The summed E-state index contributed by atoms with van der Waals surface area (Å²) in [7, 11) is 3.02. The highest BCUT2D eigenvalue weighted by atomic mass is 16.5.